The lowest BCUT2D eigenvalue weighted by Crippen LogP contribution is -2.57. The fraction of sp³-hybridized carbons (Fsp3) is 0.500. The van der Waals surface area contributed by atoms with Gasteiger partial charge in [0.25, 0.3) is 0 Å². The summed E-state index contributed by atoms with van der Waals surface area (Å²) in [5, 5.41) is 15.9. The van der Waals surface area contributed by atoms with Crippen molar-refractivity contribution in [1.29, 1.82) is 0 Å². The van der Waals surface area contributed by atoms with Crippen molar-refractivity contribution < 1.29 is 24.3 Å². The Balaban J connectivity index is 1.85. The molecule has 0 radical (unpaired) electrons. The summed E-state index contributed by atoms with van der Waals surface area (Å²) in [5.41, 5.74) is 7.19. The molecule has 2 heterocycles. The Hall–Kier alpha value is -3.40. The minimum absolute atomic E-state index is 0.159. The van der Waals surface area contributed by atoms with Gasteiger partial charge in [0.15, 0.2) is 0 Å². The van der Waals surface area contributed by atoms with Gasteiger partial charge in [0, 0.05) is 30.1 Å². The minimum atomic E-state index is -1.13. The third-order valence-corrected chi connectivity index (χ3v) is 6.56. The predicted molar refractivity (Wildman–Crippen MR) is 127 cm³/mol. The van der Waals surface area contributed by atoms with Crippen molar-refractivity contribution in [1.82, 2.24) is 20.5 Å². The third kappa shape index (κ3) is 5.56. The van der Waals surface area contributed by atoms with Crippen molar-refractivity contribution in [2.24, 2.45) is 11.7 Å². The number of para-hydroxylation sites is 1. The molecule has 4 atom stereocenters. The zero-order valence-corrected chi connectivity index (χ0v) is 19.5. The summed E-state index contributed by atoms with van der Waals surface area (Å²) in [6.07, 6.45) is 3.64. The van der Waals surface area contributed by atoms with Gasteiger partial charge >= 0.3 is 5.97 Å². The molecule has 3 rings (SSSR count). The third-order valence-electron chi connectivity index (χ3n) is 6.56. The largest absolute Gasteiger partial charge is 0.480 e. The van der Waals surface area contributed by atoms with E-state index in [2.05, 4.69) is 15.6 Å². The van der Waals surface area contributed by atoms with Gasteiger partial charge in [-0.2, -0.15) is 0 Å². The van der Waals surface area contributed by atoms with Crippen molar-refractivity contribution in [2.75, 3.05) is 13.1 Å². The number of nitrogens with zero attached hydrogens (tertiary/aromatic N) is 1. The van der Waals surface area contributed by atoms with Gasteiger partial charge in [0.2, 0.25) is 17.7 Å². The number of H-pyrrole nitrogens is 1. The quantitative estimate of drug-likeness (QED) is 0.344. The number of likely N-dealkylation sites (tertiary alicyclic amines) is 1. The number of carboxylic acids is 1. The van der Waals surface area contributed by atoms with Crippen molar-refractivity contribution in [3.8, 4) is 0 Å². The van der Waals surface area contributed by atoms with Gasteiger partial charge in [-0.25, -0.2) is 4.79 Å². The van der Waals surface area contributed by atoms with Gasteiger partial charge in [-0.15, -0.1) is 0 Å². The van der Waals surface area contributed by atoms with Crippen LogP contribution in [0.1, 0.15) is 38.7 Å². The molecule has 1 aromatic heterocycles. The van der Waals surface area contributed by atoms with Gasteiger partial charge in [-0.1, -0.05) is 38.5 Å². The second-order valence-electron chi connectivity index (χ2n) is 8.78. The highest BCUT2D eigenvalue weighted by Crippen LogP contribution is 2.21. The van der Waals surface area contributed by atoms with Crippen molar-refractivity contribution >= 4 is 34.6 Å². The van der Waals surface area contributed by atoms with E-state index in [0.717, 1.165) is 16.5 Å². The highest BCUT2D eigenvalue weighted by atomic mass is 16.4. The molecule has 0 aliphatic carbocycles. The van der Waals surface area contributed by atoms with E-state index in [1.165, 1.54) is 4.90 Å². The van der Waals surface area contributed by atoms with Crippen LogP contribution in [0.5, 0.6) is 0 Å². The number of benzene rings is 1. The molecule has 0 bridgehead atoms. The fourth-order valence-electron chi connectivity index (χ4n) is 4.39. The summed E-state index contributed by atoms with van der Waals surface area (Å²) in [7, 11) is 0. The molecule has 4 unspecified atom stereocenters. The highest BCUT2D eigenvalue weighted by Gasteiger charge is 2.36. The normalized spacial score (nSPS) is 18.3. The average molecular weight is 472 g/mol. The number of nitrogens with two attached hydrogens (primary N) is 1. The molecule has 3 amide bonds. The van der Waals surface area contributed by atoms with Gasteiger partial charge < -0.3 is 31.4 Å². The van der Waals surface area contributed by atoms with E-state index in [-0.39, 0.29) is 24.8 Å². The van der Waals surface area contributed by atoms with Crippen LogP contribution < -0.4 is 16.4 Å². The number of carbonyl (C=O) groups excluding carboxylic acids is 3. The second kappa shape index (κ2) is 11.1. The standard InChI is InChI=1S/C24H33N5O5/c1-3-14(2)21(24(33)34)28-22(31)18(11-15-13-26-17-8-5-4-7-16(15)17)27-23(32)19-9-6-10-29(19)20(30)12-25/h4-5,7-8,13-14,18-19,21,26H,3,6,9-12,25H2,1-2H3,(H,27,32)(H,28,31)(H,33,34). The smallest absolute Gasteiger partial charge is 0.326 e. The van der Waals surface area contributed by atoms with Gasteiger partial charge in [-0.3, -0.25) is 14.4 Å². The summed E-state index contributed by atoms with van der Waals surface area (Å²) in [4.78, 5) is 54.9. The van der Waals surface area contributed by atoms with E-state index in [0.29, 0.717) is 25.8 Å². The molecule has 6 N–H and O–H groups in total. The number of hydrogen-bond acceptors (Lipinski definition) is 5. The summed E-state index contributed by atoms with van der Waals surface area (Å²) < 4.78 is 0. The molecule has 10 heteroatoms. The van der Waals surface area contributed by atoms with Crippen molar-refractivity contribution in [3.05, 3.63) is 36.0 Å². The van der Waals surface area contributed by atoms with Crippen LogP contribution in [0.2, 0.25) is 0 Å². The highest BCUT2D eigenvalue weighted by molar-refractivity contribution is 5.94. The zero-order chi connectivity index (χ0) is 24.8. The number of amides is 3. The topological polar surface area (TPSA) is 158 Å². The molecule has 10 nitrogen and oxygen atoms in total. The Bertz CT molecular complexity index is 1050. The first-order chi connectivity index (χ1) is 16.3. The summed E-state index contributed by atoms with van der Waals surface area (Å²) in [6.45, 7) is 3.84. The molecule has 1 aliphatic rings. The van der Waals surface area contributed by atoms with E-state index >= 15 is 0 Å². The molecule has 1 fully saturated rings. The first-order valence-electron chi connectivity index (χ1n) is 11.6. The maximum absolute atomic E-state index is 13.3. The summed E-state index contributed by atoms with van der Waals surface area (Å²) in [5.74, 6) is -2.78. The van der Waals surface area contributed by atoms with Crippen LogP contribution in [0.3, 0.4) is 0 Å². The monoisotopic (exact) mass is 471 g/mol. The lowest BCUT2D eigenvalue weighted by Gasteiger charge is -2.27. The van der Waals surface area contributed by atoms with E-state index < -0.39 is 35.9 Å². The minimum Gasteiger partial charge on any atom is -0.480 e. The number of aromatic nitrogens is 1. The fourth-order valence-corrected chi connectivity index (χ4v) is 4.39. The van der Waals surface area contributed by atoms with Gasteiger partial charge in [0.1, 0.15) is 18.1 Å². The van der Waals surface area contributed by atoms with Crippen LogP contribution in [0.25, 0.3) is 10.9 Å². The van der Waals surface area contributed by atoms with Crippen LogP contribution >= 0.6 is 0 Å². The number of carbonyl (C=O) groups is 4. The number of carboxylic acid groups (broad SMARTS) is 1. The number of aliphatic carboxylic acids is 1. The first-order valence-corrected chi connectivity index (χ1v) is 11.6. The molecule has 184 valence electrons. The Morgan fingerprint density at radius 1 is 1.24 bits per heavy atom. The number of rotatable bonds is 10. The Kier molecular flexibility index (Phi) is 8.27. The Labute approximate surface area is 198 Å². The lowest BCUT2D eigenvalue weighted by atomic mass is 9.98. The lowest BCUT2D eigenvalue weighted by molar-refractivity contribution is -0.144. The Morgan fingerprint density at radius 3 is 2.65 bits per heavy atom. The first kappa shape index (κ1) is 25.2. The van der Waals surface area contributed by atoms with Crippen molar-refractivity contribution in [2.45, 2.75) is 57.7 Å². The van der Waals surface area contributed by atoms with Crippen LogP contribution in [-0.4, -0.2) is 69.9 Å². The molecule has 1 saturated heterocycles. The molecular weight excluding hydrogens is 438 g/mol. The maximum atomic E-state index is 13.3. The maximum Gasteiger partial charge on any atom is 0.326 e. The molecule has 1 aromatic carbocycles. The Morgan fingerprint density at radius 2 is 1.97 bits per heavy atom. The van der Waals surface area contributed by atoms with Crippen LogP contribution in [0.4, 0.5) is 0 Å². The molecule has 2 aromatic rings. The van der Waals surface area contributed by atoms with Crippen LogP contribution in [0, 0.1) is 5.92 Å². The number of nitrogens with one attached hydrogen (secondary N) is 3. The van der Waals surface area contributed by atoms with E-state index in [9.17, 15) is 24.3 Å². The van der Waals surface area contributed by atoms with Crippen LogP contribution in [-0.2, 0) is 25.6 Å². The molecule has 0 saturated carbocycles. The van der Waals surface area contributed by atoms with Gasteiger partial charge in [0.05, 0.1) is 6.54 Å². The molecule has 34 heavy (non-hydrogen) atoms. The zero-order valence-electron chi connectivity index (χ0n) is 19.5. The average Bonchev–Trinajstić information content (AvgIpc) is 3.48. The molecule has 1 aliphatic heterocycles. The number of aromatic amines is 1. The van der Waals surface area contributed by atoms with E-state index in [1.807, 2.05) is 31.2 Å². The SMILES string of the molecule is CCC(C)C(NC(=O)C(Cc1c[nH]c2ccccc12)NC(=O)C1CCCN1C(=O)CN)C(=O)O. The van der Waals surface area contributed by atoms with E-state index in [1.54, 1.807) is 13.1 Å². The van der Waals surface area contributed by atoms with Gasteiger partial charge in [-0.05, 0) is 30.4 Å². The van der Waals surface area contributed by atoms with Crippen molar-refractivity contribution in [3.63, 3.8) is 0 Å². The number of fused-ring (bicyclic) bond motifs is 1. The summed E-state index contributed by atoms with van der Waals surface area (Å²) >= 11 is 0. The summed E-state index contributed by atoms with van der Waals surface area (Å²) in [6, 6.07) is 4.78. The second-order valence-corrected chi connectivity index (χ2v) is 8.78. The molecule has 0 spiro atoms. The van der Waals surface area contributed by atoms with Crippen LogP contribution in [0.15, 0.2) is 30.5 Å². The van der Waals surface area contributed by atoms with E-state index in [4.69, 9.17) is 5.73 Å². The number of hydrogen-bond donors (Lipinski definition) is 5. The predicted octanol–water partition coefficient (Wildman–Crippen LogP) is 0.760. The molecular formula is C24H33N5O5.